The van der Waals surface area contributed by atoms with Crippen LogP contribution in [0, 0.1) is 0 Å². The zero-order valence-electron chi connectivity index (χ0n) is 16.3. The number of rotatable bonds is 5. The summed E-state index contributed by atoms with van der Waals surface area (Å²) in [5, 5.41) is 10.4. The number of piperidine rings is 1. The molecule has 4 nitrogen and oxygen atoms in total. The van der Waals surface area contributed by atoms with Crippen LogP contribution in [0.3, 0.4) is 0 Å². The summed E-state index contributed by atoms with van der Waals surface area (Å²) >= 11 is 0. The maximum absolute atomic E-state index is 10.4. The van der Waals surface area contributed by atoms with Crippen molar-refractivity contribution in [3.05, 3.63) is 29.8 Å². The Morgan fingerprint density at radius 3 is 2.63 bits per heavy atom. The summed E-state index contributed by atoms with van der Waals surface area (Å²) in [6, 6.07) is 8.45. The second-order valence-corrected chi connectivity index (χ2v) is 8.44. The van der Waals surface area contributed by atoms with E-state index in [4.69, 9.17) is 9.47 Å². The number of nitrogens with zero attached hydrogens (tertiary/aromatic N) is 1. The number of likely N-dealkylation sites (tertiary alicyclic amines) is 1. The van der Waals surface area contributed by atoms with Crippen molar-refractivity contribution in [1.29, 1.82) is 0 Å². The lowest BCUT2D eigenvalue weighted by Gasteiger charge is -2.45. The minimum Gasteiger partial charge on any atom is -0.487 e. The summed E-state index contributed by atoms with van der Waals surface area (Å²) in [4.78, 5) is 2.38. The zero-order valence-corrected chi connectivity index (χ0v) is 17.1. The van der Waals surface area contributed by atoms with Crippen LogP contribution < -0.4 is 4.74 Å². The fraction of sp³-hybridized carbons (Fsp3) is 0.727. The summed E-state index contributed by atoms with van der Waals surface area (Å²) in [6.07, 6.45) is 10.6. The van der Waals surface area contributed by atoms with Gasteiger partial charge in [-0.2, -0.15) is 0 Å². The molecule has 1 spiro atoms. The third-order valence-electron chi connectivity index (χ3n) is 6.46. The predicted octanol–water partition coefficient (Wildman–Crippen LogP) is 3.98. The van der Waals surface area contributed by atoms with E-state index in [1.54, 1.807) is 0 Å². The molecular formula is C22H34ClNO3. The molecule has 0 bridgehead atoms. The van der Waals surface area contributed by atoms with Crippen molar-refractivity contribution in [1.82, 2.24) is 4.90 Å². The number of hydrogen-bond acceptors (Lipinski definition) is 4. The number of benzene rings is 1. The van der Waals surface area contributed by atoms with E-state index in [2.05, 4.69) is 29.2 Å². The van der Waals surface area contributed by atoms with Crippen LogP contribution >= 0.6 is 12.4 Å². The van der Waals surface area contributed by atoms with Crippen molar-refractivity contribution >= 4 is 12.4 Å². The molecule has 27 heavy (non-hydrogen) atoms. The maximum Gasteiger partial charge on any atom is 0.123 e. The van der Waals surface area contributed by atoms with E-state index in [9.17, 15) is 5.11 Å². The van der Waals surface area contributed by atoms with Crippen LogP contribution in [0.1, 0.15) is 56.9 Å². The lowest BCUT2D eigenvalue weighted by molar-refractivity contribution is -0.0511. The van der Waals surface area contributed by atoms with Gasteiger partial charge in [0, 0.05) is 19.6 Å². The third-order valence-corrected chi connectivity index (χ3v) is 6.46. The number of aliphatic hydroxyl groups is 1. The number of para-hydroxylation sites is 1. The van der Waals surface area contributed by atoms with Gasteiger partial charge in [0.25, 0.3) is 0 Å². The van der Waals surface area contributed by atoms with E-state index >= 15 is 0 Å². The van der Waals surface area contributed by atoms with Crippen molar-refractivity contribution in [2.24, 2.45) is 0 Å². The molecule has 1 aliphatic carbocycles. The van der Waals surface area contributed by atoms with Crippen LogP contribution in [0.25, 0.3) is 0 Å². The molecule has 1 saturated heterocycles. The fourth-order valence-corrected chi connectivity index (χ4v) is 4.78. The number of β-amino-alcohol motifs (C(OH)–C–C–N with tert-alkyl or cyclic N) is 1. The van der Waals surface area contributed by atoms with Gasteiger partial charge >= 0.3 is 0 Å². The van der Waals surface area contributed by atoms with E-state index in [1.807, 2.05) is 0 Å². The monoisotopic (exact) mass is 395 g/mol. The summed E-state index contributed by atoms with van der Waals surface area (Å²) in [7, 11) is 0. The highest BCUT2D eigenvalue weighted by molar-refractivity contribution is 5.85. The normalized spacial score (nSPS) is 23.9. The van der Waals surface area contributed by atoms with E-state index in [1.165, 1.54) is 24.8 Å². The Bertz CT molecular complexity index is 583. The smallest absolute Gasteiger partial charge is 0.123 e. The molecule has 2 heterocycles. The Labute approximate surface area is 169 Å². The van der Waals surface area contributed by atoms with Gasteiger partial charge in [-0.05, 0) is 50.2 Å². The minimum atomic E-state index is -0.376. The van der Waals surface area contributed by atoms with Crippen LogP contribution in [0.15, 0.2) is 24.3 Å². The van der Waals surface area contributed by atoms with Crippen LogP contribution in [-0.4, -0.2) is 54.1 Å². The first-order valence-corrected chi connectivity index (χ1v) is 10.5. The average molecular weight is 396 g/mol. The molecule has 3 aliphatic rings. The number of fused-ring (bicyclic) bond motifs is 1. The first kappa shape index (κ1) is 20.9. The number of ether oxygens (including phenoxy) is 2. The second kappa shape index (κ2) is 9.60. The van der Waals surface area contributed by atoms with Gasteiger partial charge in [0.15, 0.2) is 0 Å². The van der Waals surface area contributed by atoms with Crippen molar-refractivity contribution in [2.75, 3.05) is 26.2 Å². The molecule has 4 rings (SSSR count). The molecule has 5 heteroatoms. The number of halogens is 1. The summed E-state index contributed by atoms with van der Waals surface area (Å²) < 4.78 is 12.4. The predicted molar refractivity (Wildman–Crippen MR) is 110 cm³/mol. The van der Waals surface area contributed by atoms with E-state index in [-0.39, 0.29) is 24.1 Å². The van der Waals surface area contributed by atoms with E-state index in [0.717, 1.165) is 63.9 Å². The lowest BCUT2D eigenvalue weighted by Crippen LogP contribution is -2.51. The van der Waals surface area contributed by atoms with Crippen molar-refractivity contribution < 1.29 is 14.6 Å². The van der Waals surface area contributed by atoms with Gasteiger partial charge < -0.3 is 19.5 Å². The summed E-state index contributed by atoms with van der Waals surface area (Å²) in [6.45, 7) is 3.21. The first-order chi connectivity index (χ1) is 12.7. The molecule has 152 valence electrons. The van der Waals surface area contributed by atoms with Crippen LogP contribution in [0.2, 0.25) is 0 Å². The van der Waals surface area contributed by atoms with Gasteiger partial charge in [0.2, 0.25) is 0 Å². The van der Waals surface area contributed by atoms with Crippen molar-refractivity contribution in [3.63, 3.8) is 0 Å². The van der Waals surface area contributed by atoms with Crippen LogP contribution in [-0.2, 0) is 11.2 Å². The quantitative estimate of drug-likeness (QED) is 0.818. The number of aliphatic hydroxyl groups excluding tert-OH is 1. The Balaban J connectivity index is 0.00000210. The first-order valence-electron chi connectivity index (χ1n) is 10.5. The van der Waals surface area contributed by atoms with E-state index < -0.39 is 0 Å². The van der Waals surface area contributed by atoms with Crippen LogP contribution in [0.4, 0.5) is 0 Å². The minimum absolute atomic E-state index is 0. The lowest BCUT2D eigenvalue weighted by atomic mass is 9.83. The Morgan fingerprint density at radius 1 is 1.11 bits per heavy atom. The highest BCUT2D eigenvalue weighted by atomic mass is 35.5. The van der Waals surface area contributed by atoms with Gasteiger partial charge in [0.1, 0.15) is 11.4 Å². The van der Waals surface area contributed by atoms with Crippen molar-refractivity contribution in [2.45, 2.75) is 75.6 Å². The molecule has 1 N–H and O–H groups in total. The molecule has 0 radical (unpaired) electrons. The van der Waals surface area contributed by atoms with Crippen LogP contribution in [0.5, 0.6) is 5.75 Å². The SMILES string of the molecule is Cl.O[C@H](COC1CCCCC1)CN1CCC2(CCc3ccccc3O2)CC1. The Morgan fingerprint density at radius 2 is 1.85 bits per heavy atom. The maximum atomic E-state index is 10.4. The molecule has 2 aliphatic heterocycles. The highest BCUT2D eigenvalue weighted by Gasteiger charge is 2.39. The second-order valence-electron chi connectivity index (χ2n) is 8.44. The molecule has 0 amide bonds. The average Bonchev–Trinajstić information content (AvgIpc) is 2.69. The van der Waals surface area contributed by atoms with Crippen molar-refractivity contribution in [3.8, 4) is 5.75 Å². The van der Waals surface area contributed by atoms with Gasteiger partial charge in [0.05, 0.1) is 18.8 Å². The molecule has 1 saturated carbocycles. The number of hydrogen-bond donors (Lipinski definition) is 1. The van der Waals surface area contributed by atoms with Gasteiger partial charge in [-0.25, -0.2) is 0 Å². The molecular weight excluding hydrogens is 362 g/mol. The third kappa shape index (κ3) is 5.38. The number of aryl methyl sites for hydroxylation is 1. The largest absolute Gasteiger partial charge is 0.487 e. The summed E-state index contributed by atoms with van der Waals surface area (Å²) in [5.74, 6) is 1.08. The molecule has 1 aromatic carbocycles. The highest BCUT2D eigenvalue weighted by Crippen LogP contribution is 2.39. The molecule has 0 aromatic heterocycles. The summed E-state index contributed by atoms with van der Waals surface area (Å²) in [5.41, 5.74) is 1.35. The molecule has 1 atom stereocenters. The standard InChI is InChI=1S/C22H33NO3.ClH/c24-19(17-25-20-7-2-1-3-8-20)16-23-14-12-22(13-15-23)11-10-18-6-4-5-9-21(18)26-22;/h4-6,9,19-20,24H,1-3,7-8,10-17H2;1H/t19-;/m0./s1. The zero-order chi connectivity index (χ0) is 17.8. The van der Waals surface area contributed by atoms with Gasteiger partial charge in [-0.1, -0.05) is 37.5 Å². The Hall–Kier alpha value is -0.810. The fourth-order valence-electron chi connectivity index (χ4n) is 4.78. The Kier molecular flexibility index (Phi) is 7.43. The molecule has 1 aromatic rings. The molecule has 2 fully saturated rings. The van der Waals surface area contributed by atoms with Gasteiger partial charge in [-0.3, -0.25) is 0 Å². The topological polar surface area (TPSA) is 41.9 Å². The van der Waals surface area contributed by atoms with E-state index in [0.29, 0.717) is 12.7 Å². The molecule has 0 unspecified atom stereocenters. The van der Waals surface area contributed by atoms with Gasteiger partial charge in [-0.15, -0.1) is 12.4 Å².